The van der Waals surface area contributed by atoms with Gasteiger partial charge >= 0.3 is 6.18 Å². The van der Waals surface area contributed by atoms with Crippen LogP contribution in [0.15, 0.2) is 36.0 Å². The maximum atomic E-state index is 12.1. The van der Waals surface area contributed by atoms with Crippen LogP contribution >= 0.6 is 0 Å². The Hall–Kier alpha value is -0.990. The second-order valence-electron chi connectivity index (χ2n) is 2.54. The average molecular weight is 174 g/mol. The van der Waals surface area contributed by atoms with Crippen molar-refractivity contribution in [1.29, 1.82) is 0 Å². The minimum atomic E-state index is -4.17. The standard InChI is InChI=1S/C9H9F3/c10-9(11,12)8-6-4-2-1-3-5-7-8/h1-4,6H,5,7H2. The molecule has 0 bridgehead atoms. The van der Waals surface area contributed by atoms with Crippen molar-refractivity contribution in [2.75, 3.05) is 0 Å². The van der Waals surface area contributed by atoms with E-state index in [0.29, 0.717) is 6.42 Å². The Balaban J connectivity index is 2.77. The lowest BCUT2D eigenvalue weighted by Gasteiger charge is -2.10. The molecule has 0 nitrogen and oxygen atoms in total. The van der Waals surface area contributed by atoms with Crippen molar-refractivity contribution in [3.05, 3.63) is 36.0 Å². The molecule has 0 aromatic rings. The van der Waals surface area contributed by atoms with E-state index in [0.717, 1.165) is 6.08 Å². The van der Waals surface area contributed by atoms with E-state index >= 15 is 0 Å². The van der Waals surface area contributed by atoms with Gasteiger partial charge in [0, 0.05) is 5.57 Å². The van der Waals surface area contributed by atoms with Gasteiger partial charge in [0.25, 0.3) is 0 Å². The van der Waals surface area contributed by atoms with Gasteiger partial charge in [-0.15, -0.1) is 0 Å². The highest BCUT2D eigenvalue weighted by molar-refractivity contribution is 5.22. The molecule has 0 amide bonds. The Kier molecular flexibility index (Phi) is 2.74. The molecule has 0 aromatic carbocycles. The summed E-state index contributed by atoms with van der Waals surface area (Å²) >= 11 is 0. The van der Waals surface area contributed by atoms with Crippen LogP contribution in [0, 0.1) is 0 Å². The molecule has 1 aliphatic rings. The van der Waals surface area contributed by atoms with Crippen molar-refractivity contribution in [3.8, 4) is 0 Å². The van der Waals surface area contributed by atoms with Crippen LogP contribution in [0.1, 0.15) is 12.8 Å². The van der Waals surface area contributed by atoms with Gasteiger partial charge in [-0.1, -0.05) is 30.4 Å². The van der Waals surface area contributed by atoms with Crippen LogP contribution in [-0.2, 0) is 0 Å². The van der Waals surface area contributed by atoms with Gasteiger partial charge in [-0.3, -0.25) is 0 Å². The first kappa shape index (κ1) is 9.10. The van der Waals surface area contributed by atoms with Gasteiger partial charge in [-0.2, -0.15) is 13.2 Å². The molecule has 1 rings (SSSR count). The first-order valence-corrected chi connectivity index (χ1v) is 3.70. The number of allylic oxidation sites excluding steroid dienone is 6. The summed E-state index contributed by atoms with van der Waals surface area (Å²) in [5.74, 6) is 0. The summed E-state index contributed by atoms with van der Waals surface area (Å²) in [7, 11) is 0. The summed E-state index contributed by atoms with van der Waals surface area (Å²) in [5, 5.41) is 0. The fourth-order valence-electron chi connectivity index (χ4n) is 0.969. The lowest BCUT2D eigenvalue weighted by atomic mass is 10.1. The zero-order chi connectivity index (χ0) is 9.03. The Labute approximate surface area is 69.1 Å². The highest BCUT2D eigenvalue weighted by Gasteiger charge is 2.32. The number of alkyl halides is 3. The molecule has 0 saturated heterocycles. The lowest BCUT2D eigenvalue weighted by molar-refractivity contribution is -0.0938. The fraction of sp³-hybridized carbons (Fsp3) is 0.333. The van der Waals surface area contributed by atoms with Gasteiger partial charge in [0.1, 0.15) is 0 Å². The molecule has 0 aromatic heterocycles. The van der Waals surface area contributed by atoms with Gasteiger partial charge in [-0.05, 0) is 12.8 Å². The number of halogens is 3. The Bertz CT molecular complexity index is 231. The minimum Gasteiger partial charge on any atom is -0.166 e. The molecule has 0 atom stereocenters. The van der Waals surface area contributed by atoms with E-state index in [9.17, 15) is 13.2 Å². The smallest absolute Gasteiger partial charge is 0.166 e. The topological polar surface area (TPSA) is 0 Å². The average Bonchev–Trinajstić information content (AvgIpc) is 1.81. The molecule has 0 radical (unpaired) electrons. The SMILES string of the molecule is FC(F)(F)C1=CC=CC=CCC1. The van der Waals surface area contributed by atoms with Crippen molar-refractivity contribution >= 4 is 0 Å². The van der Waals surface area contributed by atoms with E-state index in [1.165, 1.54) is 6.08 Å². The minimum absolute atomic E-state index is 0.0737. The lowest BCUT2D eigenvalue weighted by Crippen LogP contribution is -2.11. The predicted molar refractivity (Wildman–Crippen MR) is 41.7 cm³/mol. The largest absolute Gasteiger partial charge is 0.412 e. The molecule has 0 N–H and O–H groups in total. The highest BCUT2D eigenvalue weighted by atomic mass is 19.4. The van der Waals surface area contributed by atoms with Crippen LogP contribution in [0.3, 0.4) is 0 Å². The van der Waals surface area contributed by atoms with Crippen LogP contribution in [0.2, 0.25) is 0 Å². The van der Waals surface area contributed by atoms with E-state index in [1.807, 2.05) is 0 Å². The van der Waals surface area contributed by atoms with Gasteiger partial charge < -0.3 is 0 Å². The molecule has 12 heavy (non-hydrogen) atoms. The summed E-state index contributed by atoms with van der Waals surface area (Å²) in [5.41, 5.74) is -0.455. The van der Waals surface area contributed by atoms with E-state index < -0.39 is 11.7 Å². The second kappa shape index (κ2) is 3.61. The summed E-state index contributed by atoms with van der Waals surface area (Å²) in [6, 6.07) is 0. The molecule has 66 valence electrons. The van der Waals surface area contributed by atoms with E-state index in [1.54, 1.807) is 18.2 Å². The molecular formula is C9H9F3. The monoisotopic (exact) mass is 174 g/mol. The first-order chi connectivity index (χ1) is 5.61. The highest BCUT2D eigenvalue weighted by Crippen LogP contribution is 2.29. The Morgan fingerprint density at radius 1 is 1.08 bits per heavy atom. The molecule has 0 saturated carbocycles. The van der Waals surface area contributed by atoms with Crippen molar-refractivity contribution in [2.24, 2.45) is 0 Å². The van der Waals surface area contributed by atoms with Crippen LogP contribution in [-0.4, -0.2) is 6.18 Å². The zero-order valence-corrected chi connectivity index (χ0v) is 6.43. The number of hydrogen-bond acceptors (Lipinski definition) is 0. The Morgan fingerprint density at radius 3 is 2.50 bits per heavy atom. The van der Waals surface area contributed by atoms with Crippen LogP contribution < -0.4 is 0 Å². The molecule has 0 heterocycles. The summed E-state index contributed by atoms with van der Waals surface area (Å²) in [6.45, 7) is 0. The molecule has 0 unspecified atom stereocenters. The Morgan fingerprint density at radius 2 is 1.83 bits per heavy atom. The van der Waals surface area contributed by atoms with Gasteiger partial charge in [-0.25, -0.2) is 0 Å². The molecule has 3 heteroatoms. The first-order valence-electron chi connectivity index (χ1n) is 3.70. The maximum absolute atomic E-state index is 12.1. The third-order valence-electron chi connectivity index (χ3n) is 1.60. The number of hydrogen-bond donors (Lipinski definition) is 0. The van der Waals surface area contributed by atoms with Gasteiger partial charge in [0.05, 0.1) is 0 Å². The van der Waals surface area contributed by atoms with Gasteiger partial charge in [0.2, 0.25) is 0 Å². The van der Waals surface area contributed by atoms with Crippen LogP contribution in [0.4, 0.5) is 13.2 Å². The maximum Gasteiger partial charge on any atom is 0.412 e. The normalized spacial score (nSPS) is 18.4. The molecule has 1 aliphatic carbocycles. The third-order valence-corrected chi connectivity index (χ3v) is 1.60. The molecule has 0 aliphatic heterocycles. The quantitative estimate of drug-likeness (QED) is 0.528. The third kappa shape index (κ3) is 2.57. The molecule has 0 fully saturated rings. The number of rotatable bonds is 0. The van der Waals surface area contributed by atoms with Crippen molar-refractivity contribution in [1.82, 2.24) is 0 Å². The van der Waals surface area contributed by atoms with Crippen LogP contribution in [0.25, 0.3) is 0 Å². The van der Waals surface area contributed by atoms with Gasteiger partial charge in [0.15, 0.2) is 0 Å². The molecule has 0 spiro atoms. The van der Waals surface area contributed by atoms with E-state index in [4.69, 9.17) is 0 Å². The predicted octanol–water partition coefficient (Wildman–Crippen LogP) is 3.38. The fourth-order valence-corrected chi connectivity index (χ4v) is 0.969. The van der Waals surface area contributed by atoms with E-state index in [-0.39, 0.29) is 6.42 Å². The van der Waals surface area contributed by atoms with Crippen LogP contribution in [0.5, 0.6) is 0 Å². The summed E-state index contributed by atoms with van der Waals surface area (Å²) in [6.07, 6.45) is 3.99. The van der Waals surface area contributed by atoms with E-state index in [2.05, 4.69) is 0 Å². The zero-order valence-electron chi connectivity index (χ0n) is 6.43. The molecular weight excluding hydrogens is 165 g/mol. The summed E-state index contributed by atoms with van der Waals surface area (Å²) < 4.78 is 36.4. The van der Waals surface area contributed by atoms with Crippen molar-refractivity contribution in [2.45, 2.75) is 19.0 Å². The second-order valence-corrected chi connectivity index (χ2v) is 2.54. The van der Waals surface area contributed by atoms with Crippen molar-refractivity contribution in [3.63, 3.8) is 0 Å². The summed E-state index contributed by atoms with van der Waals surface area (Å²) in [4.78, 5) is 0. The van der Waals surface area contributed by atoms with Crippen molar-refractivity contribution < 1.29 is 13.2 Å².